The Bertz CT molecular complexity index is 694. The highest BCUT2D eigenvalue weighted by Gasteiger charge is 2.53. The third-order valence-electron chi connectivity index (χ3n) is 4.35. The van der Waals surface area contributed by atoms with Crippen LogP contribution in [-0.2, 0) is 9.05 Å². The molecule has 0 atom stereocenters. The summed E-state index contributed by atoms with van der Waals surface area (Å²) in [5, 5.41) is 3.06. The minimum absolute atomic E-state index is 0.162. The number of benzene rings is 1. The van der Waals surface area contributed by atoms with Crippen molar-refractivity contribution in [3.8, 4) is 0 Å². The van der Waals surface area contributed by atoms with Crippen LogP contribution in [0.3, 0.4) is 0 Å². The normalized spacial score (nSPS) is 20.1. The molecular weight excluding hydrogens is 333 g/mol. The molecule has 0 unspecified atom stereocenters. The smallest absolute Gasteiger partial charge is 0.261 e. The van der Waals surface area contributed by atoms with Crippen LogP contribution in [0, 0.1) is 11.3 Å². The number of rotatable bonds is 5. The predicted octanol–water partition coefficient (Wildman–Crippen LogP) is 3.19. The summed E-state index contributed by atoms with van der Waals surface area (Å²) < 4.78 is 22.7. The Hall–Kier alpha value is -0.780. The number of amides is 1. The van der Waals surface area contributed by atoms with Gasteiger partial charge in [0.1, 0.15) is 0 Å². The Morgan fingerprint density at radius 3 is 2.48 bits per heavy atom. The Morgan fingerprint density at radius 1 is 1.29 bits per heavy atom. The van der Waals surface area contributed by atoms with Crippen molar-refractivity contribution in [3.63, 3.8) is 0 Å². The van der Waals surface area contributed by atoms with Gasteiger partial charge in [0.25, 0.3) is 15.0 Å². The molecule has 1 aromatic carbocycles. The number of hydrogen-bond donors (Lipinski definition) is 1. The largest absolute Gasteiger partial charge is 0.351 e. The van der Waals surface area contributed by atoms with Crippen LogP contribution in [0.25, 0.3) is 0 Å². The van der Waals surface area contributed by atoms with E-state index in [1.54, 1.807) is 0 Å². The summed E-state index contributed by atoms with van der Waals surface area (Å²) in [7, 11) is 1.39. The van der Waals surface area contributed by atoms with Gasteiger partial charge in [0, 0.05) is 27.8 Å². The lowest BCUT2D eigenvalue weighted by Crippen LogP contribution is -2.31. The van der Waals surface area contributed by atoms with Gasteiger partial charge in [-0.15, -0.1) is 0 Å². The maximum absolute atomic E-state index is 12.2. The molecule has 0 bridgehead atoms. The van der Waals surface area contributed by atoms with E-state index in [2.05, 4.69) is 5.32 Å². The molecule has 7 heteroatoms. The van der Waals surface area contributed by atoms with Crippen molar-refractivity contribution in [1.29, 1.82) is 0 Å². The summed E-state index contributed by atoms with van der Waals surface area (Å²) >= 11 is 5.86. The first kappa shape index (κ1) is 15.1. The van der Waals surface area contributed by atoms with E-state index in [0.29, 0.717) is 6.54 Å². The molecule has 2 fully saturated rings. The van der Waals surface area contributed by atoms with Gasteiger partial charge in [-0.05, 0) is 55.2 Å². The maximum atomic E-state index is 12.2. The van der Waals surface area contributed by atoms with Crippen LogP contribution < -0.4 is 5.32 Å². The number of carbonyl (C=O) groups is 1. The fraction of sp³-hybridized carbons (Fsp3) is 0.500. The number of hydrogen-bond acceptors (Lipinski definition) is 3. The molecule has 1 aromatic rings. The monoisotopic (exact) mass is 347 g/mol. The molecule has 3 rings (SSSR count). The molecule has 2 saturated carbocycles. The van der Waals surface area contributed by atoms with Gasteiger partial charge in [-0.3, -0.25) is 4.79 Å². The van der Waals surface area contributed by atoms with Crippen molar-refractivity contribution in [2.24, 2.45) is 11.3 Å². The van der Waals surface area contributed by atoms with E-state index in [-0.39, 0.29) is 26.8 Å². The summed E-state index contributed by atoms with van der Waals surface area (Å²) in [6.45, 7) is 0.645. The van der Waals surface area contributed by atoms with Crippen LogP contribution in [0.1, 0.15) is 36.0 Å². The Labute approximate surface area is 133 Å². The second-order valence-electron chi connectivity index (χ2n) is 5.93. The summed E-state index contributed by atoms with van der Waals surface area (Å²) in [5.74, 6) is 0.432. The third kappa shape index (κ3) is 3.35. The number of halogens is 2. The topological polar surface area (TPSA) is 63.2 Å². The Kier molecular flexibility index (Phi) is 3.71. The summed E-state index contributed by atoms with van der Waals surface area (Å²) in [5.41, 5.74) is 0.503. The lowest BCUT2D eigenvalue weighted by molar-refractivity contribution is 0.0942. The molecule has 0 radical (unpaired) electrons. The highest BCUT2D eigenvalue weighted by molar-refractivity contribution is 8.13. The first-order valence-electron chi connectivity index (χ1n) is 6.84. The highest BCUT2D eigenvalue weighted by Crippen LogP contribution is 2.60. The fourth-order valence-electron chi connectivity index (χ4n) is 2.78. The van der Waals surface area contributed by atoms with Gasteiger partial charge in [0.05, 0.1) is 4.90 Å². The van der Waals surface area contributed by atoms with Crippen molar-refractivity contribution < 1.29 is 13.2 Å². The molecule has 2 aliphatic carbocycles. The molecular formula is C14H15Cl2NO3S. The van der Waals surface area contributed by atoms with Crippen LogP contribution in [0.5, 0.6) is 0 Å². The zero-order valence-electron chi connectivity index (χ0n) is 11.2. The van der Waals surface area contributed by atoms with Gasteiger partial charge < -0.3 is 5.32 Å². The Balaban J connectivity index is 1.73. The second kappa shape index (κ2) is 5.14. The van der Waals surface area contributed by atoms with Crippen molar-refractivity contribution in [3.05, 3.63) is 28.8 Å². The van der Waals surface area contributed by atoms with E-state index in [1.165, 1.54) is 31.0 Å². The maximum Gasteiger partial charge on any atom is 0.261 e. The van der Waals surface area contributed by atoms with Crippen LogP contribution in [0.4, 0.5) is 0 Å². The lowest BCUT2D eigenvalue weighted by atomic mass is 10.0. The molecule has 4 nitrogen and oxygen atoms in total. The molecule has 1 N–H and O–H groups in total. The standard InChI is InChI=1S/C14H15Cl2NO3S/c15-11-5-9(6-12(7-11)21(16,19)20)13(18)17-8-14(3-4-14)10-1-2-10/h5-7,10H,1-4,8H2,(H,17,18). The third-order valence-corrected chi connectivity index (χ3v) is 5.90. The van der Waals surface area contributed by atoms with Gasteiger partial charge in [0.15, 0.2) is 0 Å². The van der Waals surface area contributed by atoms with Crippen molar-refractivity contribution >= 4 is 37.2 Å². The van der Waals surface area contributed by atoms with Crippen LogP contribution in [0.15, 0.2) is 23.1 Å². The van der Waals surface area contributed by atoms with E-state index >= 15 is 0 Å². The Morgan fingerprint density at radius 2 is 1.95 bits per heavy atom. The first-order chi connectivity index (χ1) is 9.80. The summed E-state index contributed by atoms with van der Waals surface area (Å²) in [6.07, 6.45) is 4.83. The van der Waals surface area contributed by atoms with Gasteiger partial charge >= 0.3 is 0 Å². The van der Waals surface area contributed by atoms with Gasteiger partial charge in [-0.25, -0.2) is 8.42 Å². The molecule has 0 spiro atoms. The predicted molar refractivity (Wildman–Crippen MR) is 81.2 cm³/mol. The quantitative estimate of drug-likeness (QED) is 0.832. The van der Waals surface area contributed by atoms with Crippen molar-refractivity contribution in [2.75, 3.05) is 6.54 Å². The fourth-order valence-corrected chi connectivity index (χ4v) is 3.88. The van der Waals surface area contributed by atoms with E-state index in [4.69, 9.17) is 22.3 Å². The van der Waals surface area contributed by atoms with E-state index in [9.17, 15) is 13.2 Å². The zero-order chi connectivity index (χ0) is 15.3. The van der Waals surface area contributed by atoms with Crippen molar-refractivity contribution in [2.45, 2.75) is 30.6 Å². The first-order valence-corrected chi connectivity index (χ1v) is 9.52. The van der Waals surface area contributed by atoms with Crippen LogP contribution in [0.2, 0.25) is 5.02 Å². The second-order valence-corrected chi connectivity index (χ2v) is 8.94. The number of nitrogens with one attached hydrogen (secondary N) is 1. The molecule has 0 saturated heterocycles. The molecule has 2 aliphatic rings. The van der Waals surface area contributed by atoms with E-state index in [1.807, 2.05) is 0 Å². The van der Waals surface area contributed by atoms with Gasteiger partial charge in [-0.1, -0.05) is 11.6 Å². The minimum atomic E-state index is -3.91. The molecule has 1 amide bonds. The lowest BCUT2D eigenvalue weighted by Gasteiger charge is -2.15. The van der Waals surface area contributed by atoms with Gasteiger partial charge in [-0.2, -0.15) is 0 Å². The van der Waals surface area contributed by atoms with E-state index < -0.39 is 9.05 Å². The highest BCUT2D eigenvalue weighted by atomic mass is 35.7. The average molecular weight is 348 g/mol. The zero-order valence-corrected chi connectivity index (χ0v) is 13.6. The molecule has 114 valence electrons. The average Bonchev–Trinajstić information content (AvgIpc) is 3.25. The molecule has 21 heavy (non-hydrogen) atoms. The van der Waals surface area contributed by atoms with Crippen LogP contribution in [-0.4, -0.2) is 20.9 Å². The minimum Gasteiger partial charge on any atom is -0.351 e. The van der Waals surface area contributed by atoms with Gasteiger partial charge in [0.2, 0.25) is 0 Å². The van der Waals surface area contributed by atoms with Crippen molar-refractivity contribution in [1.82, 2.24) is 5.32 Å². The SMILES string of the molecule is O=C(NCC1(C2CC2)CC1)c1cc(Cl)cc(S(=O)(=O)Cl)c1. The van der Waals surface area contributed by atoms with E-state index in [0.717, 1.165) is 18.8 Å². The summed E-state index contributed by atoms with van der Waals surface area (Å²) in [6, 6.07) is 3.92. The molecule has 0 heterocycles. The summed E-state index contributed by atoms with van der Waals surface area (Å²) in [4.78, 5) is 12.0. The molecule has 0 aromatic heterocycles. The number of carbonyl (C=O) groups excluding carboxylic acids is 1. The van der Waals surface area contributed by atoms with Crippen LogP contribution >= 0.6 is 22.3 Å². The molecule has 0 aliphatic heterocycles.